The Kier molecular flexibility index (Phi) is 6.98. The van der Waals surface area contributed by atoms with Crippen LogP contribution in [0, 0.1) is 6.92 Å². The lowest BCUT2D eigenvalue weighted by Gasteiger charge is -2.09. The minimum Gasteiger partial charge on any atom is -0.484 e. The van der Waals surface area contributed by atoms with Crippen LogP contribution >= 0.6 is 23.2 Å². The summed E-state index contributed by atoms with van der Waals surface area (Å²) < 4.78 is 10.0. The van der Waals surface area contributed by atoms with Gasteiger partial charge in [-0.2, -0.15) is 0 Å². The number of benzene rings is 1. The minimum atomic E-state index is -0.710. The lowest BCUT2D eigenvalue weighted by molar-refractivity contribution is -0.120. The number of esters is 1. The molecule has 0 unspecified atom stereocenters. The molecule has 0 aliphatic carbocycles. The molecule has 0 saturated heterocycles. The zero-order valence-corrected chi connectivity index (χ0v) is 15.6. The van der Waals surface area contributed by atoms with E-state index in [0.717, 1.165) is 0 Å². The summed E-state index contributed by atoms with van der Waals surface area (Å²) in [4.78, 5) is 38.6. The van der Waals surface area contributed by atoms with Crippen LogP contribution in [0.4, 0.5) is 5.82 Å². The lowest BCUT2D eigenvalue weighted by Crippen LogP contribution is -2.22. The molecule has 27 heavy (non-hydrogen) atoms. The maximum Gasteiger partial charge on any atom is 0.338 e. The van der Waals surface area contributed by atoms with Gasteiger partial charge in [0.2, 0.25) is 0 Å². The van der Waals surface area contributed by atoms with Gasteiger partial charge in [0, 0.05) is 0 Å². The van der Waals surface area contributed by atoms with E-state index in [9.17, 15) is 14.4 Å². The van der Waals surface area contributed by atoms with Crippen LogP contribution < -0.4 is 15.8 Å². The Hall–Kier alpha value is -2.84. The highest BCUT2D eigenvalue weighted by Crippen LogP contribution is 2.25. The van der Waals surface area contributed by atoms with E-state index in [0.29, 0.717) is 16.5 Å². The predicted octanol–water partition coefficient (Wildman–Crippen LogP) is 2.36. The van der Waals surface area contributed by atoms with E-state index < -0.39 is 24.4 Å². The van der Waals surface area contributed by atoms with Crippen molar-refractivity contribution in [3.63, 3.8) is 0 Å². The lowest BCUT2D eigenvalue weighted by atomic mass is 10.2. The highest BCUT2D eigenvalue weighted by atomic mass is 35.5. The van der Waals surface area contributed by atoms with Crippen LogP contribution in [0.2, 0.25) is 10.0 Å². The van der Waals surface area contributed by atoms with Gasteiger partial charge in [0.1, 0.15) is 5.75 Å². The zero-order valence-electron chi connectivity index (χ0n) is 14.1. The summed E-state index contributed by atoms with van der Waals surface area (Å²) in [6.07, 6.45) is 0. The van der Waals surface area contributed by atoms with Crippen LogP contribution in [0.1, 0.15) is 16.1 Å². The number of anilines is 1. The number of carbonyl (C=O) groups excluding carboxylic acids is 3. The van der Waals surface area contributed by atoms with Crippen LogP contribution in [-0.2, 0) is 14.3 Å². The van der Waals surface area contributed by atoms with Crippen molar-refractivity contribution >= 4 is 46.8 Å². The molecular weight excluding hydrogens is 397 g/mol. The van der Waals surface area contributed by atoms with Gasteiger partial charge < -0.3 is 20.5 Å². The molecule has 1 aromatic carbocycles. The van der Waals surface area contributed by atoms with E-state index in [1.54, 1.807) is 6.92 Å². The van der Waals surface area contributed by atoms with Crippen LogP contribution in [0.25, 0.3) is 0 Å². The van der Waals surface area contributed by atoms with Crippen LogP contribution in [0.15, 0.2) is 30.3 Å². The Bertz CT molecular complexity index is 872. The average Bonchev–Trinajstić information content (AvgIpc) is 2.63. The number of primary amides is 1. The number of halogens is 2. The number of amides is 2. The first-order chi connectivity index (χ1) is 12.8. The molecule has 10 heteroatoms. The van der Waals surface area contributed by atoms with Crippen LogP contribution in [-0.4, -0.2) is 36.0 Å². The molecule has 142 valence electrons. The molecule has 0 radical (unpaired) electrons. The molecule has 0 fully saturated rings. The Morgan fingerprint density at radius 1 is 1.11 bits per heavy atom. The second kappa shape index (κ2) is 9.20. The SMILES string of the molecule is Cc1nc(NC(=O)COC(=O)c2ccc(OCC(N)=O)cc2)c(Cl)cc1Cl. The fourth-order valence-corrected chi connectivity index (χ4v) is 2.28. The van der Waals surface area contributed by atoms with E-state index in [1.807, 2.05) is 0 Å². The largest absolute Gasteiger partial charge is 0.484 e. The molecule has 8 nitrogen and oxygen atoms in total. The Balaban J connectivity index is 1.88. The molecule has 1 aromatic heterocycles. The molecule has 1 heterocycles. The number of hydrogen-bond donors (Lipinski definition) is 2. The number of nitrogens with two attached hydrogens (primary N) is 1. The van der Waals surface area contributed by atoms with E-state index >= 15 is 0 Å². The zero-order chi connectivity index (χ0) is 20.0. The number of aromatic nitrogens is 1. The molecule has 0 aliphatic rings. The van der Waals surface area contributed by atoms with E-state index in [-0.39, 0.29) is 23.0 Å². The van der Waals surface area contributed by atoms with Gasteiger partial charge in [0.25, 0.3) is 11.8 Å². The summed E-state index contributed by atoms with van der Waals surface area (Å²) in [5.74, 6) is -1.45. The third kappa shape index (κ3) is 6.12. The highest BCUT2D eigenvalue weighted by Gasteiger charge is 2.13. The van der Waals surface area contributed by atoms with Gasteiger partial charge >= 0.3 is 5.97 Å². The predicted molar refractivity (Wildman–Crippen MR) is 99.0 cm³/mol. The molecule has 3 N–H and O–H groups in total. The smallest absolute Gasteiger partial charge is 0.338 e. The summed E-state index contributed by atoms with van der Waals surface area (Å²) >= 11 is 11.8. The summed E-state index contributed by atoms with van der Waals surface area (Å²) in [5.41, 5.74) is 5.67. The Labute approximate surface area is 164 Å². The molecule has 2 aromatic rings. The van der Waals surface area contributed by atoms with Gasteiger partial charge in [-0.05, 0) is 37.3 Å². The van der Waals surface area contributed by atoms with Gasteiger partial charge in [0.05, 0.1) is 21.3 Å². The number of rotatable bonds is 7. The maximum atomic E-state index is 12.0. The maximum absolute atomic E-state index is 12.0. The van der Waals surface area contributed by atoms with Crippen LogP contribution in [0.5, 0.6) is 5.75 Å². The Morgan fingerprint density at radius 3 is 2.41 bits per heavy atom. The molecule has 0 atom stereocenters. The first-order valence-corrected chi connectivity index (χ1v) is 8.32. The number of nitrogens with one attached hydrogen (secondary N) is 1. The van der Waals surface area contributed by atoms with E-state index in [4.69, 9.17) is 38.4 Å². The summed E-state index contributed by atoms with van der Waals surface area (Å²) in [6.45, 7) is 0.855. The summed E-state index contributed by atoms with van der Waals surface area (Å²) in [6, 6.07) is 7.25. The van der Waals surface area contributed by atoms with Crippen molar-refractivity contribution in [2.45, 2.75) is 6.92 Å². The number of carbonyl (C=O) groups is 3. The molecule has 0 bridgehead atoms. The van der Waals surface area contributed by atoms with Gasteiger partial charge in [-0.3, -0.25) is 9.59 Å². The minimum absolute atomic E-state index is 0.121. The molecule has 2 amide bonds. The molecule has 2 rings (SSSR count). The second-order valence-corrected chi connectivity index (χ2v) is 6.10. The van der Waals surface area contributed by atoms with Crippen molar-refractivity contribution in [2.75, 3.05) is 18.5 Å². The highest BCUT2D eigenvalue weighted by molar-refractivity contribution is 6.36. The number of nitrogens with zero attached hydrogens (tertiary/aromatic N) is 1. The number of pyridine rings is 1. The number of aryl methyl sites for hydroxylation is 1. The quantitative estimate of drug-likeness (QED) is 0.674. The van der Waals surface area contributed by atoms with Crippen molar-refractivity contribution in [2.24, 2.45) is 5.73 Å². The first kappa shape index (κ1) is 20.5. The number of hydrogen-bond acceptors (Lipinski definition) is 6. The van der Waals surface area contributed by atoms with Crippen molar-refractivity contribution in [1.82, 2.24) is 4.98 Å². The topological polar surface area (TPSA) is 121 Å². The Morgan fingerprint density at radius 2 is 1.78 bits per heavy atom. The van der Waals surface area contributed by atoms with Crippen molar-refractivity contribution in [1.29, 1.82) is 0 Å². The second-order valence-electron chi connectivity index (χ2n) is 5.29. The van der Waals surface area contributed by atoms with Gasteiger partial charge in [0.15, 0.2) is 19.0 Å². The molecule has 0 saturated carbocycles. The normalized spacial score (nSPS) is 10.2. The van der Waals surface area contributed by atoms with Gasteiger partial charge in [-0.25, -0.2) is 9.78 Å². The summed E-state index contributed by atoms with van der Waals surface area (Å²) in [7, 11) is 0. The van der Waals surface area contributed by atoms with E-state index in [1.165, 1.54) is 30.3 Å². The first-order valence-electron chi connectivity index (χ1n) is 7.57. The summed E-state index contributed by atoms with van der Waals surface area (Å²) in [5, 5.41) is 2.97. The van der Waals surface area contributed by atoms with Crippen molar-refractivity contribution < 1.29 is 23.9 Å². The third-order valence-corrected chi connectivity index (χ3v) is 3.84. The van der Waals surface area contributed by atoms with Crippen LogP contribution in [0.3, 0.4) is 0 Å². The molecular formula is C17H15Cl2N3O5. The standard InChI is InChI=1S/C17H15Cl2N3O5/c1-9-12(18)6-13(19)16(21-9)22-15(24)8-27-17(25)10-2-4-11(5-3-10)26-7-14(20)23/h2-6H,7-8H2,1H3,(H2,20,23)(H,21,22,24). The third-order valence-electron chi connectivity index (χ3n) is 3.17. The fourth-order valence-electron chi connectivity index (χ4n) is 1.87. The number of ether oxygens (including phenoxy) is 2. The molecule has 0 aliphatic heterocycles. The molecule has 0 spiro atoms. The van der Waals surface area contributed by atoms with Gasteiger partial charge in [-0.1, -0.05) is 23.2 Å². The fraction of sp³-hybridized carbons (Fsp3) is 0.176. The van der Waals surface area contributed by atoms with Gasteiger partial charge in [-0.15, -0.1) is 0 Å². The average molecular weight is 412 g/mol. The van der Waals surface area contributed by atoms with E-state index in [2.05, 4.69) is 10.3 Å². The van der Waals surface area contributed by atoms with Crippen molar-refractivity contribution in [3.05, 3.63) is 51.6 Å². The van der Waals surface area contributed by atoms with Crippen molar-refractivity contribution in [3.8, 4) is 5.75 Å². The monoisotopic (exact) mass is 411 g/mol.